The van der Waals surface area contributed by atoms with Crippen molar-refractivity contribution in [2.45, 2.75) is 32.4 Å². The maximum absolute atomic E-state index is 13.8. The second kappa shape index (κ2) is 8.17. The number of alkyl halides is 3. The predicted molar refractivity (Wildman–Crippen MR) is 112 cm³/mol. The number of carbonyl (C=O) groups is 1. The van der Waals surface area contributed by atoms with Gasteiger partial charge in [-0.25, -0.2) is 4.39 Å². The van der Waals surface area contributed by atoms with Crippen molar-refractivity contribution in [1.82, 2.24) is 4.98 Å². The van der Waals surface area contributed by atoms with E-state index in [1.807, 2.05) is 4.90 Å². The summed E-state index contributed by atoms with van der Waals surface area (Å²) in [7, 11) is 0. The van der Waals surface area contributed by atoms with Crippen molar-refractivity contribution < 1.29 is 22.4 Å². The molecule has 0 saturated carbocycles. The minimum Gasteiger partial charge on any atom is -0.370 e. The second-order valence-corrected chi connectivity index (χ2v) is 7.70. The number of piperidine rings is 1. The number of nitrogens with zero attached hydrogens (tertiary/aromatic N) is 2. The van der Waals surface area contributed by atoms with Crippen LogP contribution in [0.15, 0.2) is 42.5 Å². The van der Waals surface area contributed by atoms with Crippen LogP contribution in [0.3, 0.4) is 0 Å². The third-order valence-electron chi connectivity index (χ3n) is 5.41. The summed E-state index contributed by atoms with van der Waals surface area (Å²) in [5.41, 5.74) is 0.925. The molecule has 4 nitrogen and oxygen atoms in total. The smallest absolute Gasteiger partial charge is 0.370 e. The van der Waals surface area contributed by atoms with E-state index in [1.165, 1.54) is 30.3 Å². The highest BCUT2D eigenvalue weighted by Gasteiger charge is 2.32. The molecule has 0 unspecified atom stereocenters. The Morgan fingerprint density at radius 2 is 1.77 bits per heavy atom. The summed E-state index contributed by atoms with van der Waals surface area (Å²) < 4.78 is 53.8. The molecule has 2 aromatic carbocycles. The summed E-state index contributed by atoms with van der Waals surface area (Å²) in [6.07, 6.45) is -1.61. The number of hydrogen-bond acceptors (Lipinski definition) is 3. The zero-order valence-corrected chi connectivity index (χ0v) is 16.9. The van der Waals surface area contributed by atoms with Crippen LogP contribution in [0.5, 0.6) is 0 Å². The number of anilines is 2. The van der Waals surface area contributed by atoms with Crippen LogP contribution in [0.25, 0.3) is 10.9 Å². The van der Waals surface area contributed by atoms with E-state index in [2.05, 4.69) is 10.3 Å². The van der Waals surface area contributed by atoms with Crippen molar-refractivity contribution in [3.05, 3.63) is 65.1 Å². The summed E-state index contributed by atoms with van der Waals surface area (Å²) in [5, 5.41) is 2.95. The van der Waals surface area contributed by atoms with E-state index in [0.29, 0.717) is 35.4 Å². The Bertz CT molecular complexity index is 1140. The van der Waals surface area contributed by atoms with Crippen molar-refractivity contribution in [1.29, 1.82) is 0 Å². The highest BCUT2D eigenvalue weighted by molar-refractivity contribution is 6.13. The van der Waals surface area contributed by atoms with E-state index >= 15 is 0 Å². The van der Waals surface area contributed by atoms with Gasteiger partial charge in [-0.15, -0.1) is 0 Å². The fourth-order valence-electron chi connectivity index (χ4n) is 3.93. The number of pyridine rings is 1. The number of halogens is 4. The SMILES string of the molecule is Cc1cc(C(=O)Nc2cc(C(F)(F)F)ccc2N2CCCCC2)c2cc(F)ccc2n1. The predicted octanol–water partition coefficient (Wildman–Crippen LogP) is 5.94. The van der Waals surface area contributed by atoms with Crippen LogP contribution >= 0.6 is 0 Å². The molecule has 8 heteroatoms. The van der Waals surface area contributed by atoms with E-state index in [4.69, 9.17) is 0 Å². The molecule has 4 rings (SSSR count). The molecule has 1 aromatic heterocycles. The molecule has 1 N–H and O–H groups in total. The molecule has 1 aliphatic heterocycles. The lowest BCUT2D eigenvalue weighted by atomic mass is 10.1. The Hall–Kier alpha value is -3.16. The van der Waals surface area contributed by atoms with Gasteiger partial charge in [0.15, 0.2) is 0 Å². The Kier molecular flexibility index (Phi) is 5.56. The third kappa shape index (κ3) is 4.47. The van der Waals surface area contributed by atoms with Crippen LogP contribution in [-0.4, -0.2) is 24.0 Å². The molecule has 1 saturated heterocycles. The van der Waals surface area contributed by atoms with Gasteiger partial charge in [0.2, 0.25) is 0 Å². The fourth-order valence-corrected chi connectivity index (χ4v) is 3.93. The first-order valence-electron chi connectivity index (χ1n) is 10.1. The summed E-state index contributed by atoms with van der Waals surface area (Å²) in [6, 6.07) is 8.81. The van der Waals surface area contributed by atoms with Crippen molar-refractivity contribution in [3.63, 3.8) is 0 Å². The fraction of sp³-hybridized carbons (Fsp3) is 0.304. The molecule has 1 aliphatic rings. The molecular weight excluding hydrogens is 410 g/mol. The summed E-state index contributed by atoms with van der Waals surface area (Å²) in [4.78, 5) is 19.4. The van der Waals surface area contributed by atoms with Gasteiger partial charge in [-0.2, -0.15) is 13.2 Å². The quantitative estimate of drug-likeness (QED) is 0.522. The molecule has 2 heterocycles. The monoisotopic (exact) mass is 431 g/mol. The van der Waals surface area contributed by atoms with Crippen LogP contribution < -0.4 is 10.2 Å². The number of fused-ring (bicyclic) bond motifs is 1. The maximum Gasteiger partial charge on any atom is 0.416 e. The first kappa shape index (κ1) is 21.1. The molecule has 0 radical (unpaired) electrons. The maximum atomic E-state index is 13.8. The molecule has 0 spiro atoms. The number of hydrogen-bond donors (Lipinski definition) is 1. The Morgan fingerprint density at radius 3 is 2.48 bits per heavy atom. The first-order valence-corrected chi connectivity index (χ1v) is 10.1. The molecule has 31 heavy (non-hydrogen) atoms. The van der Waals surface area contributed by atoms with E-state index in [9.17, 15) is 22.4 Å². The molecule has 0 bridgehead atoms. The number of rotatable bonds is 3. The minimum atomic E-state index is -4.54. The lowest BCUT2D eigenvalue weighted by Crippen LogP contribution is -2.30. The van der Waals surface area contributed by atoms with Crippen LogP contribution in [-0.2, 0) is 6.18 Å². The zero-order chi connectivity index (χ0) is 22.2. The number of amides is 1. The second-order valence-electron chi connectivity index (χ2n) is 7.70. The largest absolute Gasteiger partial charge is 0.416 e. The van der Waals surface area contributed by atoms with E-state index in [-0.39, 0.29) is 11.3 Å². The minimum absolute atomic E-state index is 0.0840. The number of aryl methyl sites for hydroxylation is 1. The molecule has 3 aromatic rings. The van der Waals surface area contributed by atoms with Gasteiger partial charge in [0.25, 0.3) is 5.91 Å². The average molecular weight is 431 g/mol. The normalized spacial score (nSPS) is 14.7. The molecule has 162 valence electrons. The standard InChI is InChI=1S/C23H21F4N3O/c1-14-11-18(17-13-16(24)6-7-19(17)28-14)22(31)29-20-12-15(23(25,26)27)5-8-21(20)30-9-3-2-4-10-30/h5-8,11-13H,2-4,9-10H2,1H3,(H,29,31). The van der Waals surface area contributed by atoms with Crippen molar-refractivity contribution in [2.75, 3.05) is 23.3 Å². The topological polar surface area (TPSA) is 45.2 Å². The summed E-state index contributed by atoms with van der Waals surface area (Å²) in [6.45, 7) is 3.11. The lowest BCUT2D eigenvalue weighted by molar-refractivity contribution is -0.137. The molecule has 1 fully saturated rings. The van der Waals surface area contributed by atoms with Crippen LogP contribution in [0.2, 0.25) is 0 Å². The Labute approximate surface area is 176 Å². The van der Waals surface area contributed by atoms with Crippen molar-refractivity contribution in [3.8, 4) is 0 Å². The van der Waals surface area contributed by atoms with E-state index < -0.39 is 23.5 Å². The first-order chi connectivity index (χ1) is 14.7. The number of carbonyl (C=O) groups excluding carboxylic acids is 1. The Balaban J connectivity index is 1.76. The van der Waals surface area contributed by atoms with Crippen LogP contribution in [0, 0.1) is 12.7 Å². The van der Waals surface area contributed by atoms with E-state index in [0.717, 1.165) is 31.4 Å². The van der Waals surface area contributed by atoms with Crippen molar-refractivity contribution >= 4 is 28.2 Å². The highest BCUT2D eigenvalue weighted by atomic mass is 19.4. The van der Waals surface area contributed by atoms with Crippen molar-refractivity contribution in [2.24, 2.45) is 0 Å². The van der Waals surface area contributed by atoms with Gasteiger partial charge in [0, 0.05) is 24.2 Å². The molecule has 1 amide bonds. The highest BCUT2D eigenvalue weighted by Crippen LogP contribution is 2.36. The van der Waals surface area contributed by atoms with Crippen LogP contribution in [0.1, 0.15) is 40.9 Å². The van der Waals surface area contributed by atoms with Gasteiger partial charge in [0.05, 0.1) is 28.0 Å². The lowest BCUT2D eigenvalue weighted by Gasteiger charge is -2.31. The van der Waals surface area contributed by atoms with Gasteiger partial charge in [-0.1, -0.05) is 0 Å². The summed E-state index contributed by atoms with van der Waals surface area (Å²) >= 11 is 0. The zero-order valence-electron chi connectivity index (χ0n) is 16.9. The van der Waals surface area contributed by atoms with E-state index in [1.54, 1.807) is 6.92 Å². The average Bonchev–Trinajstić information content (AvgIpc) is 2.73. The van der Waals surface area contributed by atoms with Gasteiger partial charge < -0.3 is 10.2 Å². The van der Waals surface area contributed by atoms with Crippen LogP contribution in [0.4, 0.5) is 28.9 Å². The summed E-state index contributed by atoms with van der Waals surface area (Å²) in [5.74, 6) is -1.14. The Morgan fingerprint density at radius 1 is 1.03 bits per heavy atom. The van der Waals surface area contributed by atoms with Gasteiger partial charge >= 0.3 is 6.18 Å². The third-order valence-corrected chi connectivity index (χ3v) is 5.41. The number of benzene rings is 2. The number of aromatic nitrogens is 1. The molecular formula is C23H21F4N3O. The molecule has 0 aliphatic carbocycles. The van der Waals surface area contributed by atoms with Gasteiger partial charge in [-0.05, 0) is 68.7 Å². The van der Waals surface area contributed by atoms with Gasteiger partial charge in [0.1, 0.15) is 5.82 Å². The van der Waals surface area contributed by atoms with Gasteiger partial charge in [-0.3, -0.25) is 9.78 Å². The molecule has 0 atom stereocenters. The number of nitrogens with one attached hydrogen (secondary N) is 1.